The fraction of sp³-hybridized carbons (Fsp3) is 0. The van der Waals surface area contributed by atoms with Crippen LogP contribution in [-0.2, 0) is 0 Å². The minimum absolute atomic E-state index is 0.464. The first-order valence-electron chi connectivity index (χ1n) is 12.3. The number of nitrogens with one attached hydrogen (secondary N) is 2. The normalized spacial score (nSPS) is 12.0. The Kier molecular flexibility index (Phi) is 5.03. The molecule has 2 aliphatic rings. The molecule has 198 valence electrons. The van der Waals surface area contributed by atoms with E-state index in [-0.39, 0.29) is 0 Å². The summed E-state index contributed by atoms with van der Waals surface area (Å²) in [6, 6.07) is 3.82. The van der Waals surface area contributed by atoms with E-state index in [1.54, 1.807) is 46.2 Å². The van der Waals surface area contributed by atoms with Crippen LogP contribution in [0.2, 0.25) is 0 Å². The molecule has 0 saturated carbocycles. The van der Waals surface area contributed by atoms with Crippen LogP contribution in [0.1, 0.15) is 0 Å². The van der Waals surface area contributed by atoms with E-state index in [4.69, 9.17) is 19.9 Å². The molecule has 7 aromatic heterocycles. The predicted molar refractivity (Wildman–Crippen MR) is 164 cm³/mol. The molecular weight excluding hydrogens is 764 g/mol. The van der Waals surface area contributed by atoms with Crippen molar-refractivity contribution in [2.24, 2.45) is 0 Å². The van der Waals surface area contributed by atoms with E-state index in [0.717, 1.165) is 5.56 Å². The average molecular weight is 775 g/mol. The van der Waals surface area contributed by atoms with Crippen LogP contribution in [0.15, 0.2) is 55.5 Å². The lowest BCUT2D eigenvalue weighted by molar-refractivity contribution is -0.416. The molecule has 15 nitrogen and oxygen atoms in total. The molecule has 2 aliphatic heterocycles. The highest BCUT2D eigenvalue weighted by atomic mass is 127. The van der Waals surface area contributed by atoms with E-state index in [9.17, 15) is 0 Å². The van der Waals surface area contributed by atoms with Crippen LogP contribution in [0, 0.1) is 0 Å². The third-order valence-corrected chi connectivity index (χ3v) is 8.59. The quantitative estimate of drug-likeness (QED) is 0.216. The number of aromatic amines is 2. The number of fused-ring (bicyclic) bond motifs is 20. The maximum Gasteiger partial charge on any atom is 0.302 e. The van der Waals surface area contributed by atoms with Gasteiger partial charge in [-0.05, 0) is 12.1 Å². The number of hydrogen-bond donors (Lipinski definition) is 2. The van der Waals surface area contributed by atoms with E-state index in [1.807, 2.05) is 14.9 Å². The molecular formula is C25H11I2N15+2. The summed E-state index contributed by atoms with van der Waals surface area (Å²) < 4.78 is 3.65. The highest BCUT2D eigenvalue weighted by Crippen LogP contribution is 2.33. The highest BCUT2D eigenvalue weighted by molar-refractivity contribution is 14.1. The van der Waals surface area contributed by atoms with E-state index in [0.29, 0.717) is 85.0 Å². The Balaban J connectivity index is 1.55. The maximum atomic E-state index is 5.02. The van der Waals surface area contributed by atoms with Gasteiger partial charge in [-0.2, -0.15) is 5.56 Å². The molecule has 0 saturated heterocycles. The Morgan fingerprint density at radius 3 is 1.33 bits per heavy atom. The molecule has 0 fully saturated rings. The van der Waals surface area contributed by atoms with E-state index in [1.165, 1.54) is 0 Å². The Labute approximate surface area is 260 Å². The van der Waals surface area contributed by atoms with Gasteiger partial charge in [0.05, 0.1) is 5.56 Å². The largest absolute Gasteiger partial charge is 0.302 e. The lowest BCUT2D eigenvalue weighted by Gasteiger charge is -1.90. The van der Waals surface area contributed by atoms with Crippen LogP contribution in [0.25, 0.3) is 90.6 Å². The Morgan fingerprint density at radius 2 is 0.833 bits per heavy atom. The van der Waals surface area contributed by atoms with Crippen LogP contribution < -0.4 is 5.56 Å². The number of nitrogens with zero attached hydrogens (tertiary/aromatic N) is 13. The summed E-state index contributed by atoms with van der Waals surface area (Å²) >= 11 is 4.32. The second-order valence-corrected chi connectivity index (χ2v) is 11.0. The number of pyridine rings is 1. The molecule has 9 rings (SSSR count). The second kappa shape index (κ2) is 8.85. The number of rotatable bonds is 0. The van der Waals surface area contributed by atoms with E-state index >= 15 is 0 Å². The minimum atomic E-state index is 0.464. The van der Waals surface area contributed by atoms with Crippen molar-refractivity contribution in [3.63, 3.8) is 0 Å². The van der Waals surface area contributed by atoms with Crippen LogP contribution in [0.4, 0.5) is 0 Å². The first-order chi connectivity index (χ1) is 20.7. The van der Waals surface area contributed by atoms with Gasteiger partial charge in [-0.25, -0.2) is 34.9 Å². The SMILES string of the molecule is I[n+]1c2nc3[nH]c(nc4[n+](I)c(nc5[nH]c(nc1-c1ncccc1-2)c1nccnc51)-c1nccnc1-4)c1nccnc31. The topological polar surface area (TPSA) is 181 Å². The minimum Gasteiger partial charge on any atom is -0.293 e. The molecule has 0 radical (unpaired) electrons. The van der Waals surface area contributed by atoms with Gasteiger partial charge in [0, 0.05) is 43.4 Å². The van der Waals surface area contributed by atoms with Crippen LogP contribution in [-0.4, -0.2) is 64.8 Å². The van der Waals surface area contributed by atoms with Gasteiger partial charge in [0.2, 0.25) is 22.6 Å². The molecule has 42 heavy (non-hydrogen) atoms. The summed E-state index contributed by atoms with van der Waals surface area (Å²) in [5.41, 5.74) is 6.73. The van der Waals surface area contributed by atoms with E-state index in [2.05, 4.69) is 90.6 Å². The lowest BCUT2D eigenvalue weighted by atomic mass is 10.2. The van der Waals surface area contributed by atoms with Gasteiger partial charge in [-0.15, -0.1) is 0 Å². The van der Waals surface area contributed by atoms with Gasteiger partial charge in [0.1, 0.15) is 0 Å². The van der Waals surface area contributed by atoms with E-state index < -0.39 is 0 Å². The first-order valence-corrected chi connectivity index (χ1v) is 14.3. The standard InChI is InChI=1S/C25H9I2N15/c26-41-22-10-2-1-3-28-11(10)23(41)38-19-14-15(32-7-6-31-14)21(36-19)40-25-17-16(33-8-9-34-17)24(42(25)27)39-20-13-12(18(35-20)37-22)29-4-5-30-13/h1-9H/p+2. The van der Waals surface area contributed by atoms with Gasteiger partial charge in [0.15, 0.2) is 84.9 Å². The number of H-pyrrole nitrogens is 2. The molecule has 9 heterocycles. The van der Waals surface area contributed by atoms with Crippen molar-refractivity contribution in [2.75, 3.05) is 0 Å². The molecule has 17 heteroatoms. The highest BCUT2D eigenvalue weighted by Gasteiger charge is 2.35. The molecule has 0 amide bonds. The van der Waals surface area contributed by atoms with Crippen molar-refractivity contribution >= 4 is 90.4 Å². The van der Waals surface area contributed by atoms with Crippen molar-refractivity contribution in [1.82, 2.24) is 64.8 Å². The van der Waals surface area contributed by atoms with Crippen molar-refractivity contribution in [1.29, 1.82) is 0 Å². The van der Waals surface area contributed by atoms with Crippen molar-refractivity contribution in [3.8, 4) is 45.9 Å². The van der Waals surface area contributed by atoms with Crippen LogP contribution >= 0.6 is 45.7 Å². The summed E-state index contributed by atoms with van der Waals surface area (Å²) in [5, 5.41) is 0. The first kappa shape index (κ1) is 23.9. The van der Waals surface area contributed by atoms with Crippen molar-refractivity contribution in [2.45, 2.75) is 0 Å². The zero-order chi connectivity index (χ0) is 27.9. The van der Waals surface area contributed by atoms with Gasteiger partial charge < -0.3 is 0 Å². The maximum absolute atomic E-state index is 5.02. The third-order valence-electron chi connectivity index (χ3n) is 6.76. The van der Waals surface area contributed by atoms with Crippen molar-refractivity contribution in [3.05, 3.63) is 55.5 Å². The molecule has 0 aliphatic carbocycles. The lowest BCUT2D eigenvalue weighted by Crippen LogP contribution is -2.22. The Hall–Kier alpha value is -4.79. The third kappa shape index (κ3) is 3.33. The summed E-state index contributed by atoms with van der Waals surface area (Å²) in [6.07, 6.45) is 11.4. The average Bonchev–Trinajstić information content (AvgIpc) is 3.71. The molecule has 0 unspecified atom stereocenters. The molecule has 2 N–H and O–H groups in total. The Bertz CT molecular complexity index is 2140. The number of aromatic nitrogens is 15. The van der Waals surface area contributed by atoms with Crippen LogP contribution in [0.5, 0.6) is 0 Å². The van der Waals surface area contributed by atoms with Crippen molar-refractivity contribution < 1.29 is 5.56 Å². The van der Waals surface area contributed by atoms with Gasteiger partial charge in [0.25, 0.3) is 5.82 Å². The molecule has 0 aromatic carbocycles. The summed E-state index contributed by atoms with van der Waals surface area (Å²) in [5.74, 6) is 2.22. The smallest absolute Gasteiger partial charge is 0.293 e. The summed E-state index contributed by atoms with van der Waals surface area (Å²) in [6.45, 7) is 0. The fourth-order valence-electron chi connectivity index (χ4n) is 4.99. The fourth-order valence-corrected chi connectivity index (χ4v) is 6.36. The summed E-state index contributed by atoms with van der Waals surface area (Å²) in [4.78, 5) is 58.7. The van der Waals surface area contributed by atoms with Crippen LogP contribution in [0.3, 0.4) is 0 Å². The van der Waals surface area contributed by atoms with Gasteiger partial charge >= 0.3 is 17.5 Å². The second-order valence-electron chi connectivity index (χ2n) is 9.11. The number of halogens is 2. The summed E-state index contributed by atoms with van der Waals surface area (Å²) in [7, 11) is 0. The molecule has 7 aromatic rings. The number of hydrogen-bond acceptors (Lipinski definition) is 11. The zero-order valence-corrected chi connectivity index (χ0v) is 25.1. The zero-order valence-electron chi connectivity index (χ0n) is 20.8. The molecule has 0 atom stereocenters. The molecule has 0 spiro atoms. The van der Waals surface area contributed by atoms with Gasteiger partial charge in [-0.3, -0.25) is 9.97 Å². The predicted octanol–water partition coefficient (Wildman–Crippen LogP) is 2.82. The van der Waals surface area contributed by atoms with Gasteiger partial charge in [-0.1, -0.05) is 19.9 Å². The molecule has 8 bridgehead atoms. The Morgan fingerprint density at radius 1 is 0.452 bits per heavy atom. The monoisotopic (exact) mass is 775 g/mol.